The van der Waals surface area contributed by atoms with Crippen LogP contribution < -0.4 is 5.73 Å². The van der Waals surface area contributed by atoms with E-state index in [4.69, 9.17) is 5.73 Å². The number of nitrogens with zero attached hydrogens (tertiary/aromatic N) is 1. The second-order valence-electron chi connectivity index (χ2n) is 4.04. The molecule has 0 unspecified atom stereocenters. The van der Waals surface area contributed by atoms with Gasteiger partial charge in [0.1, 0.15) is 10.0 Å². The van der Waals surface area contributed by atoms with E-state index in [0.29, 0.717) is 5.00 Å². The molecule has 0 radical (unpaired) electrons. The van der Waals surface area contributed by atoms with Crippen LogP contribution in [-0.2, 0) is 4.74 Å². The molecule has 0 aliphatic rings. The molecule has 1 aromatic heterocycles. The maximum Gasteiger partial charge on any atom is 0.359 e. The summed E-state index contributed by atoms with van der Waals surface area (Å²) in [7, 11) is 1.32. The van der Waals surface area contributed by atoms with E-state index in [0.717, 1.165) is 16.1 Å². The lowest BCUT2D eigenvalue weighted by molar-refractivity contribution is 0.0596. The Morgan fingerprint density at radius 3 is 2.72 bits per heavy atom. The summed E-state index contributed by atoms with van der Waals surface area (Å²) >= 11 is 1.30. The molecular formula is C13H14N2O2S. The summed E-state index contributed by atoms with van der Waals surface area (Å²) in [6, 6.07) is 6.08. The Bertz CT molecular complexity index is 605. The molecule has 18 heavy (non-hydrogen) atoms. The highest BCUT2D eigenvalue weighted by molar-refractivity contribution is 7.19. The summed E-state index contributed by atoms with van der Waals surface area (Å²) in [5, 5.41) is 1.13. The molecule has 1 aromatic carbocycles. The predicted octanol–water partition coefficient (Wildman–Crippen LogP) is 2.80. The van der Waals surface area contributed by atoms with Gasteiger partial charge in [-0.1, -0.05) is 35.1 Å². The van der Waals surface area contributed by atoms with Gasteiger partial charge in [-0.25, -0.2) is 9.78 Å². The first-order valence-corrected chi connectivity index (χ1v) is 6.27. The maximum absolute atomic E-state index is 11.5. The predicted molar refractivity (Wildman–Crippen MR) is 72.8 cm³/mol. The fraction of sp³-hybridized carbons (Fsp3) is 0.231. The van der Waals surface area contributed by atoms with Gasteiger partial charge in [0.2, 0.25) is 0 Å². The topological polar surface area (TPSA) is 65.2 Å². The van der Waals surface area contributed by atoms with E-state index in [1.165, 1.54) is 24.0 Å². The van der Waals surface area contributed by atoms with Crippen molar-refractivity contribution in [2.24, 2.45) is 0 Å². The van der Waals surface area contributed by atoms with Crippen LogP contribution in [0.5, 0.6) is 0 Å². The number of nitrogens with two attached hydrogens (primary N) is 1. The molecule has 1 heterocycles. The molecule has 0 bridgehead atoms. The minimum absolute atomic E-state index is 0.192. The third-order valence-electron chi connectivity index (χ3n) is 2.64. The van der Waals surface area contributed by atoms with Gasteiger partial charge < -0.3 is 10.5 Å². The zero-order valence-electron chi connectivity index (χ0n) is 10.5. The Hall–Kier alpha value is -1.88. The van der Waals surface area contributed by atoms with Gasteiger partial charge in [0.15, 0.2) is 5.69 Å². The van der Waals surface area contributed by atoms with Crippen LogP contribution in [0.25, 0.3) is 10.6 Å². The Kier molecular flexibility index (Phi) is 3.34. The number of nitrogen functional groups attached to an aromatic ring is 1. The highest BCUT2D eigenvalue weighted by atomic mass is 32.1. The van der Waals surface area contributed by atoms with Crippen molar-refractivity contribution in [3.63, 3.8) is 0 Å². The van der Waals surface area contributed by atoms with Crippen LogP contribution in [0, 0.1) is 13.8 Å². The Morgan fingerprint density at radius 2 is 2.11 bits per heavy atom. The van der Waals surface area contributed by atoms with Crippen LogP contribution in [0.1, 0.15) is 21.6 Å². The third-order valence-corrected chi connectivity index (χ3v) is 3.56. The lowest BCUT2D eigenvalue weighted by Crippen LogP contribution is -2.04. The lowest BCUT2D eigenvalue weighted by atomic mass is 10.1. The third kappa shape index (κ3) is 2.22. The summed E-state index contributed by atoms with van der Waals surface area (Å²) in [5.74, 6) is -0.500. The molecule has 2 rings (SSSR count). The summed E-state index contributed by atoms with van der Waals surface area (Å²) in [5.41, 5.74) is 9.28. The van der Waals surface area contributed by atoms with Crippen molar-refractivity contribution in [1.29, 1.82) is 0 Å². The molecule has 4 nitrogen and oxygen atoms in total. The SMILES string of the molecule is COC(=O)c1nc(-c2ccc(C)cc2C)sc1N. The van der Waals surface area contributed by atoms with Gasteiger partial charge >= 0.3 is 5.97 Å². The van der Waals surface area contributed by atoms with Gasteiger partial charge in [0.25, 0.3) is 0 Å². The Balaban J connectivity index is 2.49. The van der Waals surface area contributed by atoms with Crippen molar-refractivity contribution in [3.8, 4) is 10.6 Å². The second-order valence-corrected chi connectivity index (χ2v) is 5.07. The van der Waals surface area contributed by atoms with Gasteiger partial charge in [-0.15, -0.1) is 0 Å². The molecule has 2 aromatic rings. The number of carbonyl (C=O) groups excluding carboxylic acids is 1. The summed E-state index contributed by atoms with van der Waals surface area (Å²) in [4.78, 5) is 15.7. The standard InChI is InChI=1S/C13H14N2O2S/c1-7-4-5-9(8(2)6-7)12-15-10(11(14)18-12)13(16)17-3/h4-6H,14H2,1-3H3. The number of anilines is 1. The number of ether oxygens (including phenoxy) is 1. The van der Waals surface area contributed by atoms with Crippen LogP contribution in [0.2, 0.25) is 0 Å². The highest BCUT2D eigenvalue weighted by Crippen LogP contribution is 2.32. The average Bonchev–Trinajstić information content (AvgIpc) is 2.70. The van der Waals surface area contributed by atoms with Gasteiger partial charge in [-0.2, -0.15) is 0 Å². The zero-order chi connectivity index (χ0) is 13.3. The largest absolute Gasteiger partial charge is 0.464 e. The molecule has 0 amide bonds. The smallest absolute Gasteiger partial charge is 0.359 e. The van der Waals surface area contributed by atoms with Crippen LogP contribution >= 0.6 is 11.3 Å². The summed E-state index contributed by atoms with van der Waals surface area (Å²) < 4.78 is 4.64. The number of aryl methyl sites for hydroxylation is 2. The quantitative estimate of drug-likeness (QED) is 0.845. The number of esters is 1. The molecule has 0 aliphatic carbocycles. The molecule has 94 valence electrons. The van der Waals surface area contributed by atoms with Crippen molar-refractivity contribution in [2.45, 2.75) is 13.8 Å². The molecule has 0 fully saturated rings. The van der Waals surface area contributed by atoms with Crippen molar-refractivity contribution in [3.05, 3.63) is 35.0 Å². The van der Waals surface area contributed by atoms with Crippen LogP contribution in [-0.4, -0.2) is 18.1 Å². The lowest BCUT2D eigenvalue weighted by Gasteiger charge is -2.02. The van der Waals surface area contributed by atoms with Gasteiger partial charge in [-0.05, 0) is 19.4 Å². The first-order chi connectivity index (χ1) is 8.52. The van der Waals surface area contributed by atoms with E-state index in [9.17, 15) is 4.79 Å². The van der Waals surface area contributed by atoms with E-state index >= 15 is 0 Å². The van der Waals surface area contributed by atoms with Gasteiger partial charge in [0.05, 0.1) is 7.11 Å². The summed E-state index contributed by atoms with van der Waals surface area (Å²) in [6.07, 6.45) is 0. The van der Waals surface area contributed by atoms with E-state index in [1.54, 1.807) is 0 Å². The number of hydrogen-bond donors (Lipinski definition) is 1. The molecular weight excluding hydrogens is 248 g/mol. The van der Waals surface area contributed by atoms with Crippen LogP contribution in [0.3, 0.4) is 0 Å². The van der Waals surface area contributed by atoms with Crippen molar-refractivity contribution >= 4 is 22.3 Å². The normalized spacial score (nSPS) is 10.4. The van der Waals surface area contributed by atoms with E-state index in [-0.39, 0.29) is 5.69 Å². The number of hydrogen-bond acceptors (Lipinski definition) is 5. The minimum atomic E-state index is -0.500. The Morgan fingerprint density at radius 1 is 1.39 bits per heavy atom. The number of benzene rings is 1. The van der Waals surface area contributed by atoms with Gasteiger partial charge in [-0.3, -0.25) is 0 Å². The summed E-state index contributed by atoms with van der Waals surface area (Å²) in [6.45, 7) is 4.05. The fourth-order valence-corrected chi connectivity index (χ4v) is 2.65. The molecule has 0 atom stereocenters. The molecule has 2 N–H and O–H groups in total. The minimum Gasteiger partial charge on any atom is -0.464 e. The zero-order valence-corrected chi connectivity index (χ0v) is 11.3. The Labute approximate surface area is 109 Å². The average molecular weight is 262 g/mol. The molecule has 0 saturated heterocycles. The van der Waals surface area contributed by atoms with E-state index < -0.39 is 5.97 Å². The molecule has 0 spiro atoms. The van der Waals surface area contributed by atoms with Crippen molar-refractivity contribution < 1.29 is 9.53 Å². The van der Waals surface area contributed by atoms with Crippen LogP contribution in [0.15, 0.2) is 18.2 Å². The maximum atomic E-state index is 11.5. The second kappa shape index (κ2) is 4.78. The van der Waals surface area contributed by atoms with Crippen molar-refractivity contribution in [2.75, 3.05) is 12.8 Å². The number of rotatable bonds is 2. The van der Waals surface area contributed by atoms with E-state index in [2.05, 4.69) is 15.8 Å². The number of methoxy groups -OCH3 is 1. The van der Waals surface area contributed by atoms with Crippen LogP contribution in [0.4, 0.5) is 5.00 Å². The monoisotopic (exact) mass is 262 g/mol. The number of carbonyl (C=O) groups is 1. The fourth-order valence-electron chi connectivity index (χ4n) is 1.74. The highest BCUT2D eigenvalue weighted by Gasteiger charge is 2.18. The molecule has 5 heteroatoms. The number of aromatic nitrogens is 1. The molecule has 0 aliphatic heterocycles. The van der Waals surface area contributed by atoms with E-state index in [1.807, 2.05) is 26.0 Å². The number of thiazole rings is 1. The molecule has 0 saturated carbocycles. The van der Waals surface area contributed by atoms with Gasteiger partial charge in [0, 0.05) is 5.56 Å². The van der Waals surface area contributed by atoms with Crippen molar-refractivity contribution in [1.82, 2.24) is 4.98 Å². The first-order valence-electron chi connectivity index (χ1n) is 5.45. The first kappa shape index (κ1) is 12.6.